The summed E-state index contributed by atoms with van der Waals surface area (Å²) in [5.41, 5.74) is 1.40. The minimum absolute atomic E-state index is 0.421. The van der Waals surface area contributed by atoms with Crippen LogP contribution in [0.1, 0.15) is 49.7 Å². The number of hydrogen-bond acceptors (Lipinski definition) is 0. The van der Waals surface area contributed by atoms with Gasteiger partial charge in [-0.05, 0) is 48.8 Å². The first-order chi connectivity index (χ1) is 7.58. The van der Waals surface area contributed by atoms with Crippen LogP contribution in [0, 0.1) is 24.5 Å². The van der Waals surface area contributed by atoms with Gasteiger partial charge in [-0.15, -0.1) is 0 Å². The van der Waals surface area contributed by atoms with Gasteiger partial charge in [0.2, 0.25) is 0 Å². The van der Waals surface area contributed by atoms with Crippen molar-refractivity contribution in [2.24, 2.45) is 5.92 Å². The summed E-state index contributed by atoms with van der Waals surface area (Å²) in [4.78, 5) is 0. The van der Waals surface area contributed by atoms with Gasteiger partial charge in [-0.1, -0.05) is 25.8 Å². The molecular weight excluding hydrogens is 206 g/mol. The van der Waals surface area contributed by atoms with Crippen LogP contribution in [-0.4, -0.2) is 0 Å². The predicted octanol–water partition coefficient (Wildman–Crippen LogP) is 4.57. The van der Waals surface area contributed by atoms with Crippen LogP contribution in [0.2, 0.25) is 0 Å². The van der Waals surface area contributed by atoms with Gasteiger partial charge in [0, 0.05) is 0 Å². The average molecular weight is 224 g/mol. The van der Waals surface area contributed by atoms with Gasteiger partial charge in [-0.25, -0.2) is 8.78 Å². The third-order valence-electron chi connectivity index (χ3n) is 3.72. The Bertz CT molecular complexity index is 353. The fourth-order valence-corrected chi connectivity index (χ4v) is 2.58. The molecule has 0 aromatic heterocycles. The SMILES string of the molecule is Cc1cc(C2CCC(C)CC2)cc(F)c1F. The summed E-state index contributed by atoms with van der Waals surface area (Å²) in [5.74, 6) is -0.200. The molecule has 0 amide bonds. The van der Waals surface area contributed by atoms with Gasteiger partial charge in [0.25, 0.3) is 0 Å². The van der Waals surface area contributed by atoms with Crippen molar-refractivity contribution in [2.75, 3.05) is 0 Å². The fraction of sp³-hybridized carbons (Fsp3) is 0.571. The molecule has 1 aliphatic rings. The third-order valence-corrected chi connectivity index (χ3v) is 3.72. The fourth-order valence-electron chi connectivity index (χ4n) is 2.58. The van der Waals surface area contributed by atoms with Crippen LogP contribution >= 0.6 is 0 Å². The lowest BCUT2D eigenvalue weighted by Crippen LogP contribution is -2.11. The van der Waals surface area contributed by atoms with Gasteiger partial charge < -0.3 is 0 Å². The van der Waals surface area contributed by atoms with E-state index in [1.165, 1.54) is 18.9 Å². The van der Waals surface area contributed by atoms with E-state index in [2.05, 4.69) is 6.92 Å². The molecule has 1 saturated carbocycles. The molecule has 0 unspecified atom stereocenters. The van der Waals surface area contributed by atoms with Crippen molar-refractivity contribution in [1.29, 1.82) is 0 Å². The summed E-state index contributed by atoms with van der Waals surface area (Å²) in [7, 11) is 0. The monoisotopic (exact) mass is 224 g/mol. The Labute approximate surface area is 95.7 Å². The van der Waals surface area contributed by atoms with Crippen LogP contribution in [0.5, 0.6) is 0 Å². The molecule has 2 rings (SSSR count). The van der Waals surface area contributed by atoms with E-state index < -0.39 is 11.6 Å². The zero-order valence-electron chi connectivity index (χ0n) is 9.89. The standard InChI is InChI=1S/C14H18F2/c1-9-3-5-11(6-4-9)12-7-10(2)14(16)13(15)8-12/h7-9,11H,3-6H2,1-2H3. The molecule has 0 atom stereocenters. The van der Waals surface area contributed by atoms with Crippen molar-refractivity contribution in [1.82, 2.24) is 0 Å². The van der Waals surface area contributed by atoms with Crippen LogP contribution in [0.25, 0.3) is 0 Å². The molecule has 0 radical (unpaired) electrons. The van der Waals surface area contributed by atoms with Gasteiger partial charge in [0.15, 0.2) is 11.6 Å². The van der Waals surface area contributed by atoms with Gasteiger partial charge in [0.05, 0.1) is 0 Å². The summed E-state index contributed by atoms with van der Waals surface area (Å²) in [5, 5.41) is 0. The normalized spacial score (nSPS) is 25.8. The highest BCUT2D eigenvalue weighted by molar-refractivity contribution is 5.28. The van der Waals surface area contributed by atoms with Crippen LogP contribution in [0.3, 0.4) is 0 Å². The number of hydrogen-bond donors (Lipinski definition) is 0. The molecule has 0 N–H and O–H groups in total. The topological polar surface area (TPSA) is 0 Å². The summed E-state index contributed by atoms with van der Waals surface area (Å²) in [6.07, 6.45) is 4.60. The van der Waals surface area contributed by atoms with Crippen molar-refractivity contribution in [3.05, 3.63) is 34.9 Å². The highest BCUT2D eigenvalue weighted by atomic mass is 19.2. The molecular formula is C14H18F2. The highest BCUT2D eigenvalue weighted by Gasteiger charge is 2.21. The van der Waals surface area contributed by atoms with Crippen LogP contribution in [0.4, 0.5) is 8.78 Å². The van der Waals surface area contributed by atoms with E-state index in [1.54, 1.807) is 13.0 Å². The molecule has 16 heavy (non-hydrogen) atoms. The van der Waals surface area contributed by atoms with Gasteiger partial charge in [0.1, 0.15) is 0 Å². The zero-order chi connectivity index (χ0) is 11.7. The Kier molecular flexibility index (Phi) is 3.27. The molecule has 0 heterocycles. The number of halogens is 2. The smallest absolute Gasteiger partial charge is 0.161 e. The number of aryl methyl sites for hydroxylation is 1. The molecule has 0 bridgehead atoms. The van der Waals surface area contributed by atoms with Crippen molar-refractivity contribution >= 4 is 0 Å². The molecule has 2 heteroatoms. The lowest BCUT2D eigenvalue weighted by atomic mass is 9.79. The molecule has 0 aliphatic heterocycles. The Hall–Kier alpha value is -0.920. The summed E-state index contributed by atoms with van der Waals surface area (Å²) in [6, 6.07) is 3.18. The van der Waals surface area contributed by atoms with E-state index in [0.29, 0.717) is 11.5 Å². The molecule has 0 saturated heterocycles. The van der Waals surface area contributed by atoms with E-state index in [9.17, 15) is 8.78 Å². The Morgan fingerprint density at radius 2 is 1.69 bits per heavy atom. The second kappa shape index (κ2) is 4.52. The largest absolute Gasteiger partial charge is 0.204 e. The van der Waals surface area contributed by atoms with Crippen molar-refractivity contribution in [3.8, 4) is 0 Å². The number of rotatable bonds is 1. The first kappa shape index (κ1) is 11.6. The molecule has 1 aliphatic carbocycles. The Balaban J connectivity index is 2.21. The third kappa shape index (κ3) is 2.26. The molecule has 1 fully saturated rings. The van der Waals surface area contributed by atoms with E-state index in [1.807, 2.05) is 0 Å². The average Bonchev–Trinajstić information content (AvgIpc) is 2.26. The van der Waals surface area contributed by atoms with Gasteiger partial charge >= 0.3 is 0 Å². The first-order valence-corrected chi connectivity index (χ1v) is 6.03. The minimum Gasteiger partial charge on any atom is -0.204 e. The first-order valence-electron chi connectivity index (χ1n) is 6.03. The van der Waals surface area contributed by atoms with Crippen molar-refractivity contribution in [2.45, 2.75) is 45.4 Å². The molecule has 0 nitrogen and oxygen atoms in total. The lowest BCUT2D eigenvalue weighted by molar-refractivity contribution is 0.346. The second-order valence-corrected chi connectivity index (χ2v) is 5.09. The molecule has 88 valence electrons. The van der Waals surface area contributed by atoms with Gasteiger partial charge in [-0.2, -0.15) is 0 Å². The summed E-state index contributed by atoms with van der Waals surface area (Å²) in [6.45, 7) is 3.89. The number of benzene rings is 1. The highest BCUT2D eigenvalue weighted by Crippen LogP contribution is 2.36. The van der Waals surface area contributed by atoms with Crippen LogP contribution in [0.15, 0.2) is 12.1 Å². The summed E-state index contributed by atoms with van der Waals surface area (Å²) < 4.78 is 26.5. The van der Waals surface area contributed by atoms with E-state index in [-0.39, 0.29) is 0 Å². The Morgan fingerprint density at radius 1 is 1.06 bits per heavy atom. The van der Waals surface area contributed by atoms with E-state index in [4.69, 9.17) is 0 Å². The maximum atomic E-state index is 13.3. The molecule has 0 spiro atoms. The molecule has 1 aromatic rings. The molecule has 1 aromatic carbocycles. The maximum absolute atomic E-state index is 13.3. The summed E-state index contributed by atoms with van der Waals surface area (Å²) >= 11 is 0. The van der Waals surface area contributed by atoms with E-state index >= 15 is 0 Å². The Morgan fingerprint density at radius 3 is 2.25 bits per heavy atom. The van der Waals surface area contributed by atoms with Crippen molar-refractivity contribution in [3.63, 3.8) is 0 Å². The van der Waals surface area contributed by atoms with Crippen LogP contribution < -0.4 is 0 Å². The quantitative estimate of drug-likeness (QED) is 0.655. The van der Waals surface area contributed by atoms with E-state index in [0.717, 1.165) is 24.3 Å². The maximum Gasteiger partial charge on any atom is 0.161 e. The minimum atomic E-state index is -0.701. The van der Waals surface area contributed by atoms with Gasteiger partial charge in [-0.3, -0.25) is 0 Å². The van der Waals surface area contributed by atoms with Crippen LogP contribution in [-0.2, 0) is 0 Å². The predicted molar refractivity (Wildman–Crippen MR) is 61.5 cm³/mol. The van der Waals surface area contributed by atoms with Crippen molar-refractivity contribution < 1.29 is 8.78 Å². The lowest BCUT2D eigenvalue weighted by Gasteiger charge is -2.26. The second-order valence-electron chi connectivity index (χ2n) is 5.09. The zero-order valence-corrected chi connectivity index (χ0v) is 9.89.